The first-order valence-corrected chi connectivity index (χ1v) is 7.90. The van der Waals surface area contributed by atoms with Crippen LogP contribution >= 0.6 is 11.6 Å². The lowest BCUT2D eigenvalue weighted by molar-refractivity contribution is -0.123. The van der Waals surface area contributed by atoms with E-state index in [9.17, 15) is 17.8 Å². The van der Waals surface area contributed by atoms with Gasteiger partial charge in [-0.2, -0.15) is 5.10 Å². The Balaban J connectivity index is 1.84. The molecule has 1 N–H and O–H groups in total. The van der Waals surface area contributed by atoms with Crippen molar-refractivity contribution in [2.75, 3.05) is 6.61 Å². The first-order valence-electron chi connectivity index (χ1n) is 6.11. The van der Waals surface area contributed by atoms with Crippen LogP contribution in [0.15, 0.2) is 51.0 Å². The average molecular weight is 358 g/mol. The largest absolute Gasteiger partial charge is 0.742 e. The molecule has 0 radical (unpaired) electrons. The lowest BCUT2D eigenvalue weighted by Gasteiger charge is -2.06. The quantitative estimate of drug-likeness (QED) is 0.473. The fourth-order valence-electron chi connectivity index (χ4n) is 1.44. The summed E-state index contributed by atoms with van der Waals surface area (Å²) in [5.74, 6) is -0.222. The average Bonchev–Trinajstić information content (AvgIpc) is 2.95. The van der Waals surface area contributed by atoms with Gasteiger partial charge in [0.05, 0.1) is 11.2 Å². The molecule has 0 fully saturated rings. The maximum atomic E-state index is 11.5. The number of para-hydroxylation sites is 1. The van der Waals surface area contributed by atoms with Crippen LogP contribution in [-0.2, 0) is 14.9 Å². The molecule has 0 bridgehead atoms. The molecular weight excluding hydrogens is 348 g/mol. The minimum Gasteiger partial charge on any atom is -0.742 e. The van der Waals surface area contributed by atoms with Crippen LogP contribution in [0.5, 0.6) is 5.75 Å². The number of hydrogen-bond donors (Lipinski definition) is 1. The summed E-state index contributed by atoms with van der Waals surface area (Å²) >= 11 is 5.86. The van der Waals surface area contributed by atoms with Gasteiger partial charge in [-0.05, 0) is 24.3 Å². The number of halogens is 1. The molecule has 10 heteroatoms. The molecular formula is C13H10ClN2O6S-. The Kier molecular flexibility index (Phi) is 5.37. The fourth-order valence-corrected chi connectivity index (χ4v) is 2.07. The molecule has 1 heterocycles. The van der Waals surface area contributed by atoms with Crippen molar-refractivity contribution in [2.24, 2.45) is 5.10 Å². The van der Waals surface area contributed by atoms with E-state index >= 15 is 0 Å². The fraction of sp³-hybridized carbons (Fsp3) is 0.0769. The van der Waals surface area contributed by atoms with Crippen molar-refractivity contribution in [2.45, 2.75) is 5.09 Å². The number of hydrazone groups is 1. The monoisotopic (exact) mass is 357 g/mol. The molecule has 122 valence electrons. The number of ether oxygens (including phenoxy) is 1. The summed E-state index contributed by atoms with van der Waals surface area (Å²) in [5.41, 5.74) is 2.14. The van der Waals surface area contributed by atoms with E-state index in [0.717, 1.165) is 12.3 Å². The van der Waals surface area contributed by atoms with E-state index in [-0.39, 0.29) is 12.4 Å². The van der Waals surface area contributed by atoms with Gasteiger partial charge in [-0.25, -0.2) is 13.8 Å². The van der Waals surface area contributed by atoms with Gasteiger partial charge in [-0.15, -0.1) is 0 Å². The number of nitrogens with one attached hydrogen (secondary N) is 1. The zero-order chi connectivity index (χ0) is 16.9. The van der Waals surface area contributed by atoms with Gasteiger partial charge in [0.2, 0.25) is 5.09 Å². The third-order valence-electron chi connectivity index (χ3n) is 2.42. The molecule has 1 aromatic carbocycles. The highest BCUT2D eigenvalue weighted by molar-refractivity contribution is 7.85. The number of rotatable bonds is 6. The Morgan fingerprint density at radius 3 is 2.74 bits per heavy atom. The number of carbonyl (C=O) groups excluding carboxylic acids is 1. The van der Waals surface area contributed by atoms with Gasteiger partial charge >= 0.3 is 0 Å². The highest BCUT2D eigenvalue weighted by atomic mass is 35.5. The summed E-state index contributed by atoms with van der Waals surface area (Å²) < 4.78 is 42.0. The second-order valence-electron chi connectivity index (χ2n) is 4.12. The number of amides is 1. The van der Waals surface area contributed by atoms with E-state index in [2.05, 4.69) is 10.5 Å². The van der Waals surface area contributed by atoms with Crippen LogP contribution in [0.25, 0.3) is 0 Å². The van der Waals surface area contributed by atoms with Crippen molar-refractivity contribution in [1.29, 1.82) is 0 Å². The van der Waals surface area contributed by atoms with E-state index in [4.69, 9.17) is 20.8 Å². The summed E-state index contributed by atoms with van der Waals surface area (Å²) in [6, 6.07) is 8.86. The molecule has 1 amide bonds. The van der Waals surface area contributed by atoms with Crippen LogP contribution in [0.4, 0.5) is 0 Å². The van der Waals surface area contributed by atoms with Crippen LogP contribution in [0.1, 0.15) is 5.76 Å². The molecule has 0 atom stereocenters. The highest BCUT2D eigenvalue weighted by Crippen LogP contribution is 2.22. The molecule has 0 saturated heterocycles. The lowest BCUT2D eigenvalue weighted by atomic mass is 10.3. The first-order chi connectivity index (χ1) is 10.9. The van der Waals surface area contributed by atoms with E-state index < -0.39 is 21.1 Å². The molecule has 0 unspecified atom stereocenters. The van der Waals surface area contributed by atoms with Gasteiger partial charge < -0.3 is 13.7 Å². The normalized spacial score (nSPS) is 11.6. The van der Waals surface area contributed by atoms with E-state index in [1.807, 2.05) is 0 Å². The van der Waals surface area contributed by atoms with Gasteiger partial charge in [-0.1, -0.05) is 23.7 Å². The zero-order valence-electron chi connectivity index (χ0n) is 11.4. The second kappa shape index (κ2) is 7.27. The molecule has 0 aliphatic heterocycles. The zero-order valence-corrected chi connectivity index (χ0v) is 13.0. The Morgan fingerprint density at radius 1 is 1.35 bits per heavy atom. The molecule has 2 aromatic rings. The van der Waals surface area contributed by atoms with Crippen molar-refractivity contribution < 1.29 is 26.9 Å². The Labute approximate surface area is 136 Å². The second-order valence-corrected chi connectivity index (χ2v) is 5.84. The van der Waals surface area contributed by atoms with Crippen LogP contribution < -0.4 is 10.2 Å². The molecule has 0 aliphatic carbocycles. The Hall–Kier alpha value is -2.36. The van der Waals surface area contributed by atoms with Crippen molar-refractivity contribution in [3.05, 3.63) is 47.2 Å². The lowest BCUT2D eigenvalue weighted by Crippen LogP contribution is -2.24. The van der Waals surface area contributed by atoms with Crippen molar-refractivity contribution >= 4 is 33.8 Å². The third-order valence-corrected chi connectivity index (χ3v) is 3.45. The Morgan fingerprint density at radius 2 is 2.09 bits per heavy atom. The Bertz CT molecular complexity index is 830. The molecule has 23 heavy (non-hydrogen) atoms. The third kappa shape index (κ3) is 5.09. The van der Waals surface area contributed by atoms with Crippen molar-refractivity contribution in [1.82, 2.24) is 5.43 Å². The van der Waals surface area contributed by atoms with Gasteiger partial charge in [0.1, 0.15) is 11.5 Å². The van der Waals surface area contributed by atoms with Gasteiger partial charge in [0, 0.05) is 0 Å². The molecule has 0 aliphatic rings. The van der Waals surface area contributed by atoms with Crippen LogP contribution in [0, 0.1) is 0 Å². The number of nitrogens with zero attached hydrogens (tertiary/aromatic N) is 1. The van der Waals surface area contributed by atoms with Crippen LogP contribution in [0.2, 0.25) is 5.02 Å². The smallest absolute Gasteiger partial charge is 0.277 e. The summed E-state index contributed by atoms with van der Waals surface area (Å²) in [7, 11) is -4.66. The standard InChI is InChI=1S/C13H11ClN2O6S/c14-10-3-1-2-4-11(10)21-8-12(17)16-15-7-9-5-6-13(22-9)23(18,19)20/h1-7H,8H2,(H,16,17)(H,18,19,20)/p-1. The predicted octanol–water partition coefficient (Wildman–Crippen LogP) is 1.37. The number of hydrogen-bond acceptors (Lipinski definition) is 7. The molecule has 2 rings (SSSR count). The van der Waals surface area contributed by atoms with Crippen molar-refractivity contribution in [3.63, 3.8) is 0 Å². The van der Waals surface area contributed by atoms with Crippen LogP contribution in [0.3, 0.4) is 0 Å². The van der Waals surface area contributed by atoms with Gasteiger partial charge in [-0.3, -0.25) is 4.79 Å². The molecule has 8 nitrogen and oxygen atoms in total. The predicted molar refractivity (Wildman–Crippen MR) is 79.4 cm³/mol. The van der Waals surface area contributed by atoms with Crippen molar-refractivity contribution in [3.8, 4) is 5.75 Å². The van der Waals surface area contributed by atoms with E-state index in [1.54, 1.807) is 24.3 Å². The minimum absolute atomic E-state index is 0.00764. The summed E-state index contributed by atoms with van der Waals surface area (Å²) in [6.07, 6.45) is 1.04. The maximum Gasteiger partial charge on any atom is 0.277 e. The molecule has 0 saturated carbocycles. The first kappa shape index (κ1) is 17.0. The summed E-state index contributed by atoms with van der Waals surface area (Å²) in [5, 5.41) is 3.18. The van der Waals surface area contributed by atoms with E-state index in [0.29, 0.717) is 10.8 Å². The van der Waals surface area contributed by atoms with E-state index in [1.165, 1.54) is 6.07 Å². The van der Waals surface area contributed by atoms with Gasteiger partial charge in [0.25, 0.3) is 5.91 Å². The number of benzene rings is 1. The maximum absolute atomic E-state index is 11.5. The SMILES string of the molecule is O=C(COc1ccccc1Cl)NN=Cc1ccc(S(=O)(=O)[O-])o1. The van der Waals surface area contributed by atoms with Gasteiger partial charge in [0.15, 0.2) is 16.7 Å². The number of carbonyl (C=O) groups is 1. The minimum atomic E-state index is -4.66. The molecule has 1 aromatic heterocycles. The highest BCUT2D eigenvalue weighted by Gasteiger charge is 2.07. The topological polar surface area (TPSA) is 121 Å². The summed E-state index contributed by atoms with van der Waals surface area (Å²) in [6.45, 7) is -0.320. The molecule has 0 spiro atoms. The van der Waals surface area contributed by atoms with Crippen LogP contribution in [-0.4, -0.2) is 31.7 Å². The summed E-state index contributed by atoms with van der Waals surface area (Å²) in [4.78, 5) is 11.5. The number of furan rings is 1.